The number of fused-ring (bicyclic) bond motifs is 2. The minimum Gasteiger partial charge on any atom is -0.268 e. The van der Waals surface area contributed by atoms with Gasteiger partial charge in [-0.05, 0) is 55.4 Å². The molecule has 8 heteroatoms. The minimum absolute atomic E-state index is 0.136. The van der Waals surface area contributed by atoms with Gasteiger partial charge in [0, 0.05) is 17.3 Å². The van der Waals surface area contributed by atoms with Crippen molar-refractivity contribution in [2.24, 2.45) is 5.92 Å². The smallest absolute Gasteiger partial charge is 0.268 e. The molecule has 0 bridgehead atoms. The van der Waals surface area contributed by atoms with E-state index < -0.39 is 11.5 Å². The maximum absolute atomic E-state index is 12.6. The normalized spacial score (nSPS) is 15.9. The number of carbonyl (C=O) groups excluding carboxylic acids is 2. The molecule has 0 spiro atoms. The number of nitrogens with one attached hydrogen (secondary N) is 2. The zero-order valence-electron chi connectivity index (χ0n) is 15.6. The summed E-state index contributed by atoms with van der Waals surface area (Å²) in [6.07, 6.45) is 5.94. The van der Waals surface area contributed by atoms with E-state index in [0.717, 1.165) is 24.8 Å². The van der Waals surface area contributed by atoms with E-state index in [2.05, 4.69) is 22.8 Å². The van der Waals surface area contributed by atoms with Crippen molar-refractivity contribution in [1.29, 1.82) is 0 Å². The van der Waals surface area contributed by atoms with Gasteiger partial charge in [0.25, 0.3) is 17.4 Å². The number of nitrogens with zero attached hydrogens (tertiary/aromatic N) is 2. The van der Waals surface area contributed by atoms with Gasteiger partial charge in [-0.2, -0.15) is 0 Å². The molecule has 4 rings (SSSR count). The molecule has 0 aromatic carbocycles. The Morgan fingerprint density at radius 1 is 1.25 bits per heavy atom. The van der Waals surface area contributed by atoms with Crippen LogP contribution in [0.1, 0.15) is 49.4 Å². The molecule has 3 aromatic rings. The Balaban J connectivity index is 1.49. The molecular weight excluding hydrogens is 376 g/mol. The van der Waals surface area contributed by atoms with Crippen LogP contribution in [0.2, 0.25) is 0 Å². The van der Waals surface area contributed by atoms with Crippen LogP contribution in [0.15, 0.2) is 35.4 Å². The third-order valence-corrected chi connectivity index (χ3v) is 6.17. The van der Waals surface area contributed by atoms with E-state index in [-0.39, 0.29) is 11.5 Å². The Morgan fingerprint density at radius 3 is 2.86 bits per heavy atom. The number of rotatable bonds is 2. The molecule has 1 atom stereocenters. The van der Waals surface area contributed by atoms with Gasteiger partial charge in [-0.25, -0.2) is 4.98 Å². The summed E-state index contributed by atoms with van der Waals surface area (Å²) in [4.78, 5) is 43.3. The molecule has 1 aliphatic rings. The molecular formula is C20H20N4O3S. The van der Waals surface area contributed by atoms with Crippen LogP contribution in [0.3, 0.4) is 0 Å². The van der Waals surface area contributed by atoms with Crippen LogP contribution in [-0.4, -0.2) is 21.2 Å². The maximum Gasteiger partial charge on any atom is 0.279 e. The molecule has 0 saturated carbocycles. The van der Waals surface area contributed by atoms with Crippen LogP contribution in [0.25, 0.3) is 5.65 Å². The number of aromatic nitrogens is 2. The zero-order valence-corrected chi connectivity index (χ0v) is 16.4. The zero-order chi connectivity index (χ0) is 19.8. The lowest BCUT2D eigenvalue weighted by Crippen LogP contribution is -2.43. The van der Waals surface area contributed by atoms with Crippen molar-refractivity contribution in [2.75, 3.05) is 0 Å². The fourth-order valence-corrected chi connectivity index (χ4v) is 4.50. The van der Waals surface area contributed by atoms with Gasteiger partial charge in [-0.3, -0.25) is 29.6 Å². The second-order valence-corrected chi connectivity index (χ2v) is 8.36. The Hall–Kier alpha value is -3.00. The van der Waals surface area contributed by atoms with Gasteiger partial charge in [0.2, 0.25) is 0 Å². The summed E-state index contributed by atoms with van der Waals surface area (Å²) in [5, 5.41) is 0. The SMILES string of the molecule is Cc1ccc2ncc(C(=O)NNC(=O)c3cc4c(s3)CCC(C)C4)c(=O)n2c1. The third-order valence-electron chi connectivity index (χ3n) is 4.94. The summed E-state index contributed by atoms with van der Waals surface area (Å²) in [5.41, 5.74) is 6.64. The lowest BCUT2D eigenvalue weighted by molar-refractivity contribution is 0.0847. The van der Waals surface area contributed by atoms with Gasteiger partial charge in [0.1, 0.15) is 11.2 Å². The Bertz CT molecular complexity index is 1150. The number of hydrogen-bond donors (Lipinski definition) is 2. The number of thiophene rings is 1. The molecule has 144 valence electrons. The Morgan fingerprint density at radius 2 is 2.04 bits per heavy atom. The monoisotopic (exact) mass is 396 g/mol. The molecule has 2 N–H and O–H groups in total. The first-order valence-electron chi connectivity index (χ1n) is 9.12. The van der Waals surface area contributed by atoms with Crippen LogP contribution in [0, 0.1) is 12.8 Å². The summed E-state index contributed by atoms with van der Waals surface area (Å²) >= 11 is 1.46. The van der Waals surface area contributed by atoms with Crippen molar-refractivity contribution in [3.05, 3.63) is 67.4 Å². The van der Waals surface area contributed by atoms with Gasteiger partial charge < -0.3 is 0 Å². The lowest BCUT2D eigenvalue weighted by atomic mass is 9.90. The van der Waals surface area contributed by atoms with Crippen molar-refractivity contribution in [2.45, 2.75) is 33.1 Å². The summed E-state index contributed by atoms with van der Waals surface area (Å²) in [6, 6.07) is 5.44. The quantitative estimate of drug-likeness (QED) is 0.650. The molecule has 0 aliphatic heterocycles. The average molecular weight is 396 g/mol. The van der Waals surface area contributed by atoms with E-state index >= 15 is 0 Å². The fraction of sp³-hybridized carbons (Fsp3) is 0.300. The third kappa shape index (κ3) is 3.43. The standard InChI is InChI=1S/C20H20N4O3S/c1-11-3-5-15-13(7-11)8-16(28-15)19(26)23-22-18(25)14-9-21-17-6-4-12(2)10-24(17)20(14)27/h4,6,8-11H,3,5,7H2,1-2H3,(H,22,25)(H,23,26). The first-order chi connectivity index (χ1) is 13.4. The maximum atomic E-state index is 12.6. The molecule has 0 saturated heterocycles. The van der Waals surface area contributed by atoms with Crippen LogP contribution in [-0.2, 0) is 12.8 Å². The Kier molecular flexibility index (Phi) is 4.72. The molecule has 1 unspecified atom stereocenters. The summed E-state index contributed by atoms with van der Waals surface area (Å²) in [6.45, 7) is 4.05. The molecule has 28 heavy (non-hydrogen) atoms. The molecule has 3 aromatic heterocycles. The highest BCUT2D eigenvalue weighted by molar-refractivity contribution is 7.14. The van der Waals surface area contributed by atoms with E-state index in [0.29, 0.717) is 16.4 Å². The van der Waals surface area contributed by atoms with E-state index in [9.17, 15) is 14.4 Å². The second kappa shape index (κ2) is 7.20. The van der Waals surface area contributed by atoms with Gasteiger partial charge in [-0.15, -0.1) is 11.3 Å². The van der Waals surface area contributed by atoms with Crippen molar-refractivity contribution >= 4 is 28.8 Å². The highest BCUT2D eigenvalue weighted by atomic mass is 32.1. The first kappa shape index (κ1) is 18.4. The number of hydrogen-bond acceptors (Lipinski definition) is 5. The van der Waals surface area contributed by atoms with E-state index in [4.69, 9.17) is 0 Å². The first-order valence-corrected chi connectivity index (χ1v) is 9.94. The molecule has 7 nitrogen and oxygen atoms in total. The number of hydrazine groups is 1. The van der Waals surface area contributed by atoms with Crippen molar-refractivity contribution in [3.8, 4) is 0 Å². The van der Waals surface area contributed by atoms with Crippen molar-refractivity contribution in [3.63, 3.8) is 0 Å². The lowest BCUT2D eigenvalue weighted by Gasteiger charge is -2.16. The van der Waals surface area contributed by atoms with Crippen molar-refractivity contribution < 1.29 is 9.59 Å². The van der Waals surface area contributed by atoms with Crippen LogP contribution in [0.5, 0.6) is 0 Å². The second-order valence-electron chi connectivity index (χ2n) is 7.23. The van der Waals surface area contributed by atoms with Crippen LogP contribution < -0.4 is 16.4 Å². The molecule has 0 fully saturated rings. The fourth-order valence-electron chi connectivity index (χ4n) is 3.40. The highest BCUT2D eigenvalue weighted by Gasteiger charge is 2.21. The van der Waals surface area contributed by atoms with Gasteiger partial charge in [0.15, 0.2) is 0 Å². The van der Waals surface area contributed by atoms with E-state index in [1.54, 1.807) is 12.3 Å². The number of amides is 2. The Labute approximate surface area is 165 Å². The highest BCUT2D eigenvalue weighted by Crippen LogP contribution is 2.32. The number of carbonyl (C=O) groups is 2. The molecule has 2 amide bonds. The summed E-state index contributed by atoms with van der Waals surface area (Å²) in [5.74, 6) is -0.462. The summed E-state index contributed by atoms with van der Waals surface area (Å²) in [7, 11) is 0. The van der Waals surface area contributed by atoms with Crippen LogP contribution >= 0.6 is 11.3 Å². The van der Waals surface area contributed by atoms with Gasteiger partial charge in [-0.1, -0.05) is 13.0 Å². The average Bonchev–Trinajstić information content (AvgIpc) is 3.10. The van der Waals surface area contributed by atoms with E-state index in [1.807, 2.05) is 19.1 Å². The molecule has 1 aliphatic carbocycles. The number of aryl methyl sites for hydroxylation is 2. The predicted octanol–water partition coefficient (Wildman–Crippen LogP) is 2.26. The minimum atomic E-state index is -0.698. The largest absolute Gasteiger partial charge is 0.279 e. The van der Waals surface area contributed by atoms with E-state index in [1.165, 1.54) is 32.4 Å². The predicted molar refractivity (Wildman–Crippen MR) is 107 cm³/mol. The molecule has 0 radical (unpaired) electrons. The molecule has 3 heterocycles. The summed E-state index contributed by atoms with van der Waals surface area (Å²) < 4.78 is 1.32. The van der Waals surface area contributed by atoms with Gasteiger partial charge >= 0.3 is 0 Å². The van der Waals surface area contributed by atoms with Crippen LogP contribution in [0.4, 0.5) is 0 Å². The van der Waals surface area contributed by atoms with Gasteiger partial charge in [0.05, 0.1) is 4.88 Å². The van der Waals surface area contributed by atoms with Crippen molar-refractivity contribution in [1.82, 2.24) is 20.2 Å². The number of pyridine rings is 1. The topological polar surface area (TPSA) is 92.6 Å².